The third-order valence-electron chi connectivity index (χ3n) is 4.83. The molecule has 0 unspecified atom stereocenters. The molecule has 0 bridgehead atoms. The molecule has 0 spiro atoms. The van der Waals surface area contributed by atoms with Crippen LogP contribution in [-0.2, 0) is 17.8 Å². The van der Waals surface area contributed by atoms with Gasteiger partial charge in [-0.15, -0.1) is 0 Å². The van der Waals surface area contributed by atoms with E-state index in [1.165, 1.54) is 4.90 Å². The van der Waals surface area contributed by atoms with Crippen LogP contribution >= 0.6 is 12.2 Å². The summed E-state index contributed by atoms with van der Waals surface area (Å²) in [4.78, 5) is 14.5. The average molecular weight is 430 g/mol. The monoisotopic (exact) mass is 429 g/mol. The van der Waals surface area contributed by atoms with Crippen molar-refractivity contribution in [3.63, 3.8) is 0 Å². The van der Waals surface area contributed by atoms with Crippen LogP contribution in [0.15, 0.2) is 70.8 Å². The first kappa shape index (κ1) is 20.4. The van der Waals surface area contributed by atoms with E-state index in [1.54, 1.807) is 42.5 Å². The van der Waals surface area contributed by atoms with Gasteiger partial charge in [-0.25, -0.2) is 0 Å². The van der Waals surface area contributed by atoms with E-state index in [2.05, 4.69) is 11.4 Å². The zero-order valence-corrected chi connectivity index (χ0v) is 17.6. The summed E-state index contributed by atoms with van der Waals surface area (Å²) in [5.41, 5.74) is 2.75. The molecule has 1 amide bonds. The molecule has 31 heavy (non-hydrogen) atoms. The van der Waals surface area contributed by atoms with Crippen molar-refractivity contribution in [3.8, 4) is 11.8 Å². The number of benzene rings is 2. The first-order valence-corrected chi connectivity index (χ1v) is 10.2. The molecule has 7 heteroatoms. The van der Waals surface area contributed by atoms with Crippen LogP contribution in [0.5, 0.6) is 5.75 Å². The Hall–Kier alpha value is -3.89. The van der Waals surface area contributed by atoms with Gasteiger partial charge in [-0.2, -0.15) is 5.26 Å². The van der Waals surface area contributed by atoms with Crippen molar-refractivity contribution >= 4 is 35.0 Å². The standard InChI is InChI=1S/C24H19N3O3S/c1-2-17-5-3-4-6-22(17)27-23(28)21(26-24(27)31)13-19-11-12-20(30-19)15-29-18-9-7-16(14-25)8-10-18/h3-13H,2,15H2,1H3,(H,26,31)/b21-13+. The van der Waals surface area contributed by atoms with Crippen LogP contribution in [0.2, 0.25) is 0 Å². The fourth-order valence-electron chi connectivity index (χ4n) is 3.25. The van der Waals surface area contributed by atoms with E-state index in [9.17, 15) is 4.79 Å². The fourth-order valence-corrected chi connectivity index (χ4v) is 3.55. The first-order valence-electron chi connectivity index (χ1n) is 9.75. The largest absolute Gasteiger partial charge is 0.486 e. The highest BCUT2D eigenvalue weighted by Crippen LogP contribution is 2.27. The Morgan fingerprint density at radius 2 is 1.94 bits per heavy atom. The van der Waals surface area contributed by atoms with Crippen LogP contribution < -0.4 is 15.0 Å². The molecule has 1 aliphatic rings. The van der Waals surface area contributed by atoms with Crippen LogP contribution in [0.3, 0.4) is 0 Å². The number of para-hydroxylation sites is 1. The molecule has 2 heterocycles. The zero-order chi connectivity index (χ0) is 21.8. The van der Waals surface area contributed by atoms with Crippen LogP contribution in [0.1, 0.15) is 29.6 Å². The van der Waals surface area contributed by atoms with E-state index in [1.807, 2.05) is 31.2 Å². The number of carbonyl (C=O) groups excluding carboxylic acids is 1. The van der Waals surface area contributed by atoms with Gasteiger partial charge in [0.2, 0.25) is 0 Å². The minimum absolute atomic E-state index is 0.224. The minimum Gasteiger partial charge on any atom is -0.486 e. The van der Waals surface area contributed by atoms with Gasteiger partial charge in [0.25, 0.3) is 5.91 Å². The number of aryl methyl sites for hydroxylation is 1. The van der Waals surface area contributed by atoms with Gasteiger partial charge in [0, 0.05) is 6.08 Å². The molecule has 1 N–H and O–H groups in total. The van der Waals surface area contributed by atoms with Crippen LogP contribution in [0, 0.1) is 11.3 Å². The lowest BCUT2D eigenvalue weighted by Crippen LogP contribution is -2.31. The molecule has 1 fully saturated rings. The molecule has 154 valence electrons. The van der Waals surface area contributed by atoms with Gasteiger partial charge < -0.3 is 14.5 Å². The number of carbonyl (C=O) groups is 1. The highest BCUT2D eigenvalue weighted by Gasteiger charge is 2.33. The van der Waals surface area contributed by atoms with Crippen molar-refractivity contribution in [1.82, 2.24) is 5.32 Å². The van der Waals surface area contributed by atoms with Crippen molar-refractivity contribution in [3.05, 3.63) is 89.0 Å². The van der Waals surface area contributed by atoms with E-state index in [0.717, 1.165) is 17.7 Å². The maximum atomic E-state index is 13.0. The maximum Gasteiger partial charge on any atom is 0.281 e. The third kappa shape index (κ3) is 4.34. The predicted octanol–water partition coefficient (Wildman–Crippen LogP) is 4.55. The van der Waals surface area contributed by atoms with Crippen molar-refractivity contribution < 1.29 is 13.9 Å². The molecule has 0 saturated carbocycles. The van der Waals surface area contributed by atoms with Gasteiger partial charge in [-0.3, -0.25) is 9.69 Å². The van der Waals surface area contributed by atoms with Gasteiger partial charge in [0.05, 0.1) is 17.3 Å². The Morgan fingerprint density at radius 3 is 2.68 bits per heavy atom. The second-order valence-corrected chi connectivity index (χ2v) is 7.23. The van der Waals surface area contributed by atoms with Crippen molar-refractivity contribution in [2.75, 3.05) is 4.90 Å². The Bertz CT molecular complexity index is 1210. The Kier molecular flexibility index (Phi) is 5.83. The molecule has 1 saturated heterocycles. The number of furan rings is 1. The molecule has 0 aliphatic carbocycles. The number of rotatable bonds is 6. The number of nitrogens with one attached hydrogen (secondary N) is 1. The molecule has 0 atom stereocenters. The zero-order valence-electron chi connectivity index (χ0n) is 16.8. The van der Waals surface area contributed by atoms with Crippen molar-refractivity contribution in [1.29, 1.82) is 5.26 Å². The number of amides is 1. The number of nitrogens with zero attached hydrogens (tertiary/aromatic N) is 2. The van der Waals surface area contributed by atoms with Gasteiger partial charge in [0.1, 0.15) is 29.6 Å². The third-order valence-corrected chi connectivity index (χ3v) is 5.11. The van der Waals surface area contributed by atoms with Crippen LogP contribution in [0.25, 0.3) is 6.08 Å². The Morgan fingerprint density at radius 1 is 1.16 bits per heavy atom. The number of anilines is 1. The first-order chi connectivity index (χ1) is 15.1. The molecule has 3 aromatic rings. The highest BCUT2D eigenvalue weighted by atomic mass is 32.1. The van der Waals surface area contributed by atoms with E-state index in [-0.39, 0.29) is 12.5 Å². The number of ether oxygens (including phenoxy) is 1. The van der Waals surface area contributed by atoms with E-state index >= 15 is 0 Å². The lowest BCUT2D eigenvalue weighted by Gasteiger charge is -2.17. The smallest absolute Gasteiger partial charge is 0.281 e. The molecule has 1 aliphatic heterocycles. The normalized spacial score (nSPS) is 14.6. The average Bonchev–Trinajstić information content (AvgIpc) is 3.36. The Balaban J connectivity index is 1.47. The van der Waals surface area contributed by atoms with Gasteiger partial charge in [0.15, 0.2) is 5.11 Å². The molecule has 4 rings (SSSR count). The number of hydrogen-bond donors (Lipinski definition) is 1. The van der Waals surface area contributed by atoms with Gasteiger partial charge in [-0.05, 0) is 66.7 Å². The number of hydrogen-bond acceptors (Lipinski definition) is 5. The summed E-state index contributed by atoms with van der Waals surface area (Å²) in [7, 11) is 0. The molecular weight excluding hydrogens is 410 g/mol. The summed E-state index contributed by atoms with van der Waals surface area (Å²) in [5.74, 6) is 1.54. The second kappa shape index (κ2) is 8.86. The number of thiocarbonyl (C=S) groups is 1. The summed E-state index contributed by atoms with van der Waals surface area (Å²) < 4.78 is 11.5. The minimum atomic E-state index is -0.224. The molecule has 2 aromatic carbocycles. The van der Waals surface area contributed by atoms with Crippen molar-refractivity contribution in [2.24, 2.45) is 0 Å². The summed E-state index contributed by atoms with van der Waals surface area (Å²) in [6.07, 6.45) is 2.43. The van der Waals surface area contributed by atoms with E-state index in [4.69, 9.17) is 26.6 Å². The quantitative estimate of drug-likeness (QED) is 0.457. The lowest BCUT2D eigenvalue weighted by molar-refractivity contribution is -0.113. The Labute approximate surface area is 185 Å². The molecule has 0 radical (unpaired) electrons. The summed E-state index contributed by atoms with van der Waals surface area (Å²) >= 11 is 5.40. The maximum absolute atomic E-state index is 13.0. The summed E-state index contributed by atoms with van der Waals surface area (Å²) in [6, 6.07) is 20.2. The van der Waals surface area contributed by atoms with Gasteiger partial charge >= 0.3 is 0 Å². The fraction of sp³-hybridized carbons (Fsp3) is 0.125. The summed E-state index contributed by atoms with van der Waals surface area (Å²) in [6.45, 7) is 2.27. The SMILES string of the molecule is CCc1ccccc1N1C(=O)/C(=C\c2ccc(COc3ccc(C#N)cc3)o2)NC1=S. The second-order valence-electron chi connectivity index (χ2n) is 6.84. The van der Waals surface area contributed by atoms with Gasteiger partial charge in [-0.1, -0.05) is 25.1 Å². The molecular formula is C24H19N3O3S. The predicted molar refractivity (Wildman–Crippen MR) is 121 cm³/mol. The number of nitriles is 1. The van der Waals surface area contributed by atoms with Crippen LogP contribution in [0.4, 0.5) is 5.69 Å². The van der Waals surface area contributed by atoms with E-state index < -0.39 is 0 Å². The lowest BCUT2D eigenvalue weighted by atomic mass is 10.1. The summed E-state index contributed by atoms with van der Waals surface area (Å²) in [5, 5.41) is 12.2. The van der Waals surface area contributed by atoms with Crippen molar-refractivity contribution in [2.45, 2.75) is 20.0 Å². The topological polar surface area (TPSA) is 78.5 Å². The highest BCUT2D eigenvalue weighted by molar-refractivity contribution is 7.80. The molecule has 1 aromatic heterocycles. The molecule has 6 nitrogen and oxygen atoms in total. The van der Waals surface area contributed by atoms with Crippen LogP contribution in [-0.4, -0.2) is 11.0 Å². The van der Waals surface area contributed by atoms with E-state index in [0.29, 0.717) is 33.6 Å².